The minimum Gasteiger partial charge on any atom is -0.314 e. The van der Waals surface area contributed by atoms with E-state index in [2.05, 4.69) is 5.32 Å². The maximum Gasteiger partial charge on any atom is 0.416 e. The third-order valence-corrected chi connectivity index (χ3v) is 3.43. The molecule has 10 heteroatoms. The highest BCUT2D eigenvalue weighted by Crippen LogP contribution is 2.34. The van der Waals surface area contributed by atoms with Crippen molar-refractivity contribution in [2.24, 2.45) is 0 Å². The Labute approximate surface area is 142 Å². The summed E-state index contributed by atoms with van der Waals surface area (Å²) in [5, 5.41) is 2.97. The zero-order chi connectivity index (χ0) is 15.6. The fraction of sp³-hybridized carbons (Fsp3) is 0.538. The van der Waals surface area contributed by atoms with Gasteiger partial charge in [-0.05, 0) is 12.1 Å². The quantitative estimate of drug-likeness (QED) is 0.795. The van der Waals surface area contributed by atoms with Crippen molar-refractivity contribution >= 4 is 24.8 Å². The average Bonchev–Trinajstić information content (AvgIpc) is 2.40. The second kappa shape index (κ2) is 8.96. The normalized spacial score (nSPS) is 17.3. The smallest absolute Gasteiger partial charge is 0.314 e. The average molecular weight is 385 g/mol. The van der Waals surface area contributed by atoms with E-state index in [0.29, 0.717) is 19.2 Å². The van der Waals surface area contributed by atoms with Gasteiger partial charge in [0.15, 0.2) is 0 Å². The molecule has 134 valence electrons. The number of nitrogens with one attached hydrogen (secondary N) is 1. The van der Waals surface area contributed by atoms with E-state index in [0.717, 1.165) is 6.07 Å². The standard InChI is InChI=1S/C13H14F6N2.2ClH/c14-10-7-8(13(17,18)19)1-2-9(10)11(12(15)16)21-5-3-20-4-6-21;;/h1-2,7,11-12,20H,3-6H2;2*1H/t11-;;/m0../s1. The summed E-state index contributed by atoms with van der Waals surface area (Å²) < 4.78 is 77.8. The lowest BCUT2D eigenvalue weighted by Crippen LogP contribution is -2.47. The van der Waals surface area contributed by atoms with Gasteiger partial charge in [-0.3, -0.25) is 4.90 Å². The molecule has 1 N–H and O–H groups in total. The Bertz CT molecular complexity index is 492. The summed E-state index contributed by atoms with van der Waals surface area (Å²) in [5.74, 6) is -1.26. The lowest BCUT2D eigenvalue weighted by atomic mass is 10.0. The van der Waals surface area contributed by atoms with Gasteiger partial charge in [0.2, 0.25) is 0 Å². The van der Waals surface area contributed by atoms with Crippen LogP contribution in [0.3, 0.4) is 0 Å². The number of benzene rings is 1. The van der Waals surface area contributed by atoms with Crippen LogP contribution in [0.5, 0.6) is 0 Å². The molecule has 1 aromatic rings. The Kier molecular flexibility index (Phi) is 8.69. The summed E-state index contributed by atoms with van der Waals surface area (Å²) in [5.41, 5.74) is -1.59. The van der Waals surface area contributed by atoms with Gasteiger partial charge >= 0.3 is 6.18 Å². The van der Waals surface area contributed by atoms with Crippen molar-refractivity contribution in [3.05, 3.63) is 35.1 Å². The Morgan fingerprint density at radius 1 is 1.04 bits per heavy atom. The number of piperazine rings is 1. The van der Waals surface area contributed by atoms with Crippen LogP contribution in [0.2, 0.25) is 0 Å². The van der Waals surface area contributed by atoms with Crippen LogP contribution in [-0.2, 0) is 6.18 Å². The molecule has 0 spiro atoms. The molecule has 1 saturated heterocycles. The first-order valence-corrected chi connectivity index (χ1v) is 6.40. The van der Waals surface area contributed by atoms with Gasteiger partial charge in [-0.1, -0.05) is 6.07 Å². The number of hydrogen-bond donors (Lipinski definition) is 1. The molecule has 1 heterocycles. The van der Waals surface area contributed by atoms with Crippen molar-refractivity contribution in [1.29, 1.82) is 0 Å². The molecular weight excluding hydrogens is 369 g/mol. The second-order valence-corrected chi connectivity index (χ2v) is 4.80. The molecule has 0 unspecified atom stereocenters. The number of nitrogens with zero attached hydrogens (tertiary/aromatic N) is 1. The van der Waals surface area contributed by atoms with Crippen molar-refractivity contribution in [3.8, 4) is 0 Å². The second-order valence-electron chi connectivity index (χ2n) is 4.80. The van der Waals surface area contributed by atoms with Crippen LogP contribution in [0.25, 0.3) is 0 Å². The molecule has 0 aliphatic carbocycles. The molecule has 1 aromatic carbocycles. The third-order valence-electron chi connectivity index (χ3n) is 3.43. The van der Waals surface area contributed by atoms with E-state index in [9.17, 15) is 26.3 Å². The topological polar surface area (TPSA) is 15.3 Å². The van der Waals surface area contributed by atoms with Crippen molar-refractivity contribution < 1.29 is 26.3 Å². The Morgan fingerprint density at radius 3 is 2.04 bits per heavy atom. The van der Waals surface area contributed by atoms with Gasteiger partial charge in [-0.25, -0.2) is 13.2 Å². The zero-order valence-electron chi connectivity index (χ0n) is 11.7. The molecule has 0 saturated carbocycles. The number of alkyl halides is 5. The van der Waals surface area contributed by atoms with Gasteiger partial charge < -0.3 is 5.32 Å². The van der Waals surface area contributed by atoms with Gasteiger partial charge in [0.05, 0.1) is 11.6 Å². The highest BCUT2D eigenvalue weighted by Gasteiger charge is 2.35. The minimum absolute atomic E-state index is 0. The van der Waals surface area contributed by atoms with Crippen molar-refractivity contribution in [2.75, 3.05) is 26.2 Å². The summed E-state index contributed by atoms with van der Waals surface area (Å²) in [6.45, 7) is 1.53. The number of hydrogen-bond acceptors (Lipinski definition) is 2. The van der Waals surface area contributed by atoms with E-state index < -0.39 is 35.6 Å². The van der Waals surface area contributed by atoms with Crippen LogP contribution in [-0.4, -0.2) is 37.5 Å². The highest BCUT2D eigenvalue weighted by atomic mass is 35.5. The molecule has 0 radical (unpaired) electrons. The van der Waals surface area contributed by atoms with Gasteiger partial charge in [-0.15, -0.1) is 24.8 Å². The van der Waals surface area contributed by atoms with Gasteiger partial charge in [-0.2, -0.15) is 13.2 Å². The van der Waals surface area contributed by atoms with Gasteiger partial charge in [0.1, 0.15) is 5.82 Å². The van der Waals surface area contributed by atoms with Crippen LogP contribution in [0.1, 0.15) is 17.2 Å². The van der Waals surface area contributed by atoms with Crippen LogP contribution < -0.4 is 5.32 Å². The third kappa shape index (κ3) is 5.41. The summed E-state index contributed by atoms with van der Waals surface area (Å²) in [7, 11) is 0. The summed E-state index contributed by atoms with van der Waals surface area (Å²) in [4.78, 5) is 1.38. The Morgan fingerprint density at radius 2 is 1.61 bits per heavy atom. The molecule has 1 aliphatic heterocycles. The lowest BCUT2D eigenvalue weighted by Gasteiger charge is -2.34. The maximum absolute atomic E-state index is 13.9. The first-order chi connectivity index (χ1) is 9.80. The minimum atomic E-state index is -4.70. The van der Waals surface area contributed by atoms with Crippen molar-refractivity contribution in [1.82, 2.24) is 10.2 Å². The molecule has 2 nitrogen and oxygen atoms in total. The van der Waals surface area contributed by atoms with Crippen LogP contribution in [0.4, 0.5) is 26.3 Å². The first kappa shape index (κ1) is 22.3. The van der Waals surface area contributed by atoms with Crippen LogP contribution >= 0.6 is 24.8 Å². The predicted octanol–water partition coefficient (Wildman–Crippen LogP) is 3.90. The van der Waals surface area contributed by atoms with Crippen molar-refractivity contribution in [3.63, 3.8) is 0 Å². The molecule has 0 aromatic heterocycles. The van der Waals surface area contributed by atoms with Crippen molar-refractivity contribution in [2.45, 2.75) is 18.6 Å². The molecule has 1 fully saturated rings. The maximum atomic E-state index is 13.9. The van der Waals surface area contributed by atoms with Gasteiger partial charge in [0, 0.05) is 31.7 Å². The summed E-state index contributed by atoms with van der Waals surface area (Å²) in [6.07, 6.45) is -7.58. The Hall–Kier alpha value is -0.700. The van der Waals surface area contributed by atoms with E-state index in [1.807, 2.05) is 0 Å². The number of rotatable bonds is 3. The predicted molar refractivity (Wildman–Crippen MR) is 79.1 cm³/mol. The molecular formula is C13H16Cl2F6N2. The van der Waals surface area contributed by atoms with E-state index >= 15 is 0 Å². The van der Waals surface area contributed by atoms with E-state index in [1.165, 1.54) is 4.90 Å². The fourth-order valence-electron chi connectivity index (χ4n) is 2.40. The lowest BCUT2D eigenvalue weighted by molar-refractivity contribution is -0.137. The summed E-state index contributed by atoms with van der Waals surface area (Å²) >= 11 is 0. The van der Waals surface area contributed by atoms with Crippen LogP contribution in [0, 0.1) is 5.82 Å². The monoisotopic (exact) mass is 384 g/mol. The van der Waals surface area contributed by atoms with E-state index in [1.54, 1.807) is 0 Å². The van der Waals surface area contributed by atoms with E-state index in [-0.39, 0.29) is 44.0 Å². The largest absolute Gasteiger partial charge is 0.416 e. The molecule has 1 atom stereocenters. The van der Waals surface area contributed by atoms with Gasteiger partial charge in [0.25, 0.3) is 6.43 Å². The Balaban J connectivity index is 0.00000242. The molecule has 2 rings (SSSR count). The van der Waals surface area contributed by atoms with Crippen LogP contribution in [0.15, 0.2) is 18.2 Å². The zero-order valence-corrected chi connectivity index (χ0v) is 13.4. The molecule has 0 amide bonds. The highest BCUT2D eigenvalue weighted by molar-refractivity contribution is 5.85. The molecule has 23 heavy (non-hydrogen) atoms. The SMILES string of the molecule is Cl.Cl.Fc1cc(C(F)(F)F)ccc1[C@@H](C(F)F)N1CCNCC1. The fourth-order valence-corrected chi connectivity index (χ4v) is 2.40. The van der Waals surface area contributed by atoms with E-state index in [4.69, 9.17) is 0 Å². The first-order valence-electron chi connectivity index (χ1n) is 6.40. The molecule has 1 aliphatic rings. The summed E-state index contributed by atoms with van der Waals surface area (Å²) in [6, 6.07) is 0.175. The molecule has 0 bridgehead atoms. The number of halogens is 8.